The average Bonchev–Trinajstić information content (AvgIpc) is 2.21. The van der Waals surface area contributed by atoms with Gasteiger partial charge in [0.1, 0.15) is 0 Å². The summed E-state index contributed by atoms with van der Waals surface area (Å²) in [4.78, 5) is 0. The number of hydrogen-bond acceptors (Lipinski definition) is 0. The first-order valence-corrected chi connectivity index (χ1v) is 4.94. The smallest absolute Gasteiger partial charge is 0.00293 e. The van der Waals surface area contributed by atoms with Gasteiger partial charge in [-0.3, -0.25) is 0 Å². The summed E-state index contributed by atoms with van der Waals surface area (Å²) in [5, 5.41) is 0. The summed E-state index contributed by atoms with van der Waals surface area (Å²) < 4.78 is 0. The largest absolute Gasteiger partial charge is 0.0769 e. The van der Waals surface area contributed by atoms with Gasteiger partial charge in [0.2, 0.25) is 0 Å². The van der Waals surface area contributed by atoms with Gasteiger partial charge < -0.3 is 0 Å². The molecule has 0 aromatic heterocycles. The SMILES string of the molecule is CC[C](C=Cc1ccccc1)CC. The van der Waals surface area contributed by atoms with Crippen molar-refractivity contribution in [3.05, 3.63) is 47.9 Å². The maximum Gasteiger partial charge on any atom is -0.00293 e. The second-order valence-electron chi connectivity index (χ2n) is 3.11. The summed E-state index contributed by atoms with van der Waals surface area (Å²) in [5.74, 6) is 1.50. The molecule has 0 bridgehead atoms. The Bertz CT molecular complexity index is 242. The molecule has 1 radical (unpaired) electrons. The molecule has 0 N–H and O–H groups in total. The van der Waals surface area contributed by atoms with E-state index in [0.29, 0.717) is 0 Å². The summed E-state index contributed by atoms with van der Waals surface area (Å²) in [5.41, 5.74) is 1.28. The van der Waals surface area contributed by atoms with Crippen LogP contribution < -0.4 is 0 Å². The Morgan fingerprint density at radius 3 is 2.23 bits per heavy atom. The van der Waals surface area contributed by atoms with Crippen LogP contribution >= 0.6 is 0 Å². The highest BCUT2D eigenvalue weighted by Crippen LogP contribution is 2.14. The summed E-state index contributed by atoms with van der Waals surface area (Å²) in [6, 6.07) is 10.4. The van der Waals surface area contributed by atoms with Gasteiger partial charge in [-0.05, 0) is 24.3 Å². The molecular formula is C13H17. The van der Waals surface area contributed by atoms with Crippen molar-refractivity contribution in [2.75, 3.05) is 0 Å². The van der Waals surface area contributed by atoms with E-state index in [1.165, 1.54) is 11.5 Å². The molecule has 0 saturated carbocycles. The Morgan fingerprint density at radius 1 is 1.08 bits per heavy atom. The molecule has 1 rings (SSSR count). The third-order valence-electron chi connectivity index (χ3n) is 2.22. The van der Waals surface area contributed by atoms with E-state index in [0.717, 1.165) is 12.8 Å². The summed E-state index contributed by atoms with van der Waals surface area (Å²) >= 11 is 0. The van der Waals surface area contributed by atoms with Crippen LogP contribution in [-0.4, -0.2) is 0 Å². The van der Waals surface area contributed by atoms with Crippen molar-refractivity contribution in [2.24, 2.45) is 0 Å². The lowest BCUT2D eigenvalue weighted by Gasteiger charge is -2.03. The Balaban J connectivity index is 2.57. The predicted octanol–water partition coefficient (Wildman–Crippen LogP) is 4.09. The maximum atomic E-state index is 2.23. The van der Waals surface area contributed by atoms with Crippen LogP contribution in [0.2, 0.25) is 0 Å². The molecule has 0 spiro atoms. The molecule has 0 nitrogen and oxygen atoms in total. The zero-order valence-corrected chi connectivity index (χ0v) is 8.46. The molecule has 0 heteroatoms. The lowest BCUT2D eigenvalue weighted by atomic mass is 10.0. The average molecular weight is 173 g/mol. The zero-order chi connectivity index (χ0) is 9.52. The van der Waals surface area contributed by atoms with Gasteiger partial charge in [-0.2, -0.15) is 0 Å². The molecule has 1 aromatic carbocycles. The van der Waals surface area contributed by atoms with Crippen molar-refractivity contribution in [3.63, 3.8) is 0 Å². The second-order valence-corrected chi connectivity index (χ2v) is 3.11. The van der Waals surface area contributed by atoms with Crippen molar-refractivity contribution >= 4 is 6.08 Å². The Hall–Kier alpha value is -1.04. The van der Waals surface area contributed by atoms with Gasteiger partial charge in [0.05, 0.1) is 0 Å². The molecule has 69 valence electrons. The van der Waals surface area contributed by atoms with Crippen molar-refractivity contribution in [3.8, 4) is 0 Å². The third kappa shape index (κ3) is 3.45. The maximum absolute atomic E-state index is 2.23. The zero-order valence-electron chi connectivity index (χ0n) is 8.46. The fourth-order valence-corrected chi connectivity index (χ4v) is 1.26. The summed E-state index contributed by atoms with van der Waals surface area (Å²) in [6.07, 6.45) is 6.72. The monoisotopic (exact) mass is 173 g/mol. The molecule has 0 aliphatic carbocycles. The Labute approximate surface area is 81.3 Å². The van der Waals surface area contributed by atoms with E-state index in [9.17, 15) is 0 Å². The predicted molar refractivity (Wildman–Crippen MR) is 59.3 cm³/mol. The number of benzene rings is 1. The first kappa shape index (κ1) is 10.0. The van der Waals surface area contributed by atoms with Crippen LogP contribution in [-0.2, 0) is 0 Å². The molecule has 0 atom stereocenters. The molecule has 0 unspecified atom stereocenters. The van der Waals surface area contributed by atoms with E-state index in [1.807, 2.05) is 6.07 Å². The first-order valence-electron chi connectivity index (χ1n) is 4.94. The van der Waals surface area contributed by atoms with E-state index < -0.39 is 0 Å². The first-order chi connectivity index (χ1) is 6.36. The minimum atomic E-state index is 1.15. The lowest BCUT2D eigenvalue weighted by molar-refractivity contribution is 0.873. The minimum absolute atomic E-state index is 1.15. The van der Waals surface area contributed by atoms with Gasteiger partial charge in [-0.15, -0.1) is 0 Å². The van der Waals surface area contributed by atoms with Gasteiger partial charge in [0.25, 0.3) is 0 Å². The summed E-state index contributed by atoms with van der Waals surface area (Å²) in [7, 11) is 0. The normalized spacial score (nSPS) is 11.3. The van der Waals surface area contributed by atoms with E-state index >= 15 is 0 Å². The number of hydrogen-bond donors (Lipinski definition) is 0. The number of allylic oxidation sites excluding steroid dienone is 1. The van der Waals surface area contributed by atoms with Crippen LogP contribution in [0, 0.1) is 5.92 Å². The summed E-state index contributed by atoms with van der Waals surface area (Å²) in [6.45, 7) is 4.41. The van der Waals surface area contributed by atoms with E-state index in [4.69, 9.17) is 0 Å². The van der Waals surface area contributed by atoms with Gasteiger partial charge in [-0.25, -0.2) is 0 Å². The standard InChI is InChI=1S/C13H17/c1-3-12(4-2)10-11-13-8-6-5-7-9-13/h5-11H,3-4H2,1-2H3. The Kier molecular flexibility index (Phi) is 4.31. The molecular weight excluding hydrogens is 156 g/mol. The highest BCUT2D eigenvalue weighted by Gasteiger charge is 1.96. The quantitative estimate of drug-likeness (QED) is 0.643. The minimum Gasteiger partial charge on any atom is -0.0769 e. The Morgan fingerprint density at radius 2 is 1.69 bits per heavy atom. The fourth-order valence-electron chi connectivity index (χ4n) is 1.26. The van der Waals surface area contributed by atoms with Gasteiger partial charge in [0, 0.05) is 0 Å². The van der Waals surface area contributed by atoms with E-state index in [-0.39, 0.29) is 0 Å². The number of rotatable bonds is 4. The van der Waals surface area contributed by atoms with Crippen molar-refractivity contribution in [2.45, 2.75) is 26.7 Å². The molecule has 0 amide bonds. The third-order valence-corrected chi connectivity index (χ3v) is 2.22. The van der Waals surface area contributed by atoms with Gasteiger partial charge in [0.15, 0.2) is 0 Å². The van der Waals surface area contributed by atoms with E-state index in [1.54, 1.807) is 0 Å². The van der Waals surface area contributed by atoms with Crippen LogP contribution in [0.4, 0.5) is 0 Å². The van der Waals surface area contributed by atoms with Crippen LogP contribution in [0.5, 0.6) is 0 Å². The molecule has 13 heavy (non-hydrogen) atoms. The second kappa shape index (κ2) is 5.58. The van der Waals surface area contributed by atoms with Gasteiger partial charge >= 0.3 is 0 Å². The van der Waals surface area contributed by atoms with Crippen molar-refractivity contribution in [1.29, 1.82) is 0 Å². The fraction of sp³-hybridized carbons (Fsp3) is 0.308. The highest BCUT2D eigenvalue weighted by molar-refractivity contribution is 5.51. The molecule has 0 aliphatic rings. The van der Waals surface area contributed by atoms with E-state index in [2.05, 4.69) is 50.3 Å². The van der Waals surface area contributed by atoms with Crippen LogP contribution in [0.3, 0.4) is 0 Å². The molecule has 1 aromatic rings. The van der Waals surface area contributed by atoms with Crippen LogP contribution in [0.15, 0.2) is 36.4 Å². The van der Waals surface area contributed by atoms with Crippen molar-refractivity contribution < 1.29 is 0 Å². The topological polar surface area (TPSA) is 0 Å². The molecule has 0 saturated heterocycles. The highest BCUT2D eigenvalue weighted by atomic mass is 14.0. The molecule has 0 heterocycles. The van der Waals surface area contributed by atoms with Crippen molar-refractivity contribution in [1.82, 2.24) is 0 Å². The molecule has 0 fully saturated rings. The van der Waals surface area contributed by atoms with Crippen LogP contribution in [0.25, 0.3) is 6.08 Å². The van der Waals surface area contributed by atoms with Crippen LogP contribution in [0.1, 0.15) is 32.3 Å². The lowest BCUT2D eigenvalue weighted by Crippen LogP contribution is -1.86. The molecule has 0 aliphatic heterocycles. The van der Waals surface area contributed by atoms with Gasteiger partial charge in [-0.1, -0.05) is 56.3 Å².